The van der Waals surface area contributed by atoms with Gasteiger partial charge in [0.25, 0.3) is 5.91 Å². The largest absolute Gasteiger partial charge is 0.497 e. The van der Waals surface area contributed by atoms with Crippen LogP contribution in [0.3, 0.4) is 0 Å². The van der Waals surface area contributed by atoms with E-state index >= 15 is 0 Å². The third-order valence-electron chi connectivity index (χ3n) is 6.70. The Morgan fingerprint density at radius 1 is 0.861 bits per heavy atom. The van der Waals surface area contributed by atoms with Crippen LogP contribution in [-0.2, 0) is 13.0 Å². The number of carbonyl (C=O) groups is 1. The lowest BCUT2D eigenvalue weighted by atomic mass is 10.0. The average molecular weight is 490 g/mol. The minimum Gasteiger partial charge on any atom is -0.497 e. The van der Waals surface area contributed by atoms with Gasteiger partial charge >= 0.3 is 0 Å². The highest BCUT2D eigenvalue weighted by Gasteiger charge is 2.29. The van der Waals surface area contributed by atoms with Crippen molar-refractivity contribution in [3.05, 3.63) is 65.4 Å². The molecule has 188 valence electrons. The maximum absolute atomic E-state index is 13.3. The van der Waals surface area contributed by atoms with Gasteiger partial charge in [-0.1, -0.05) is 12.1 Å². The summed E-state index contributed by atoms with van der Waals surface area (Å²) in [6, 6.07) is 14.7. The van der Waals surface area contributed by atoms with Crippen LogP contribution in [0.25, 0.3) is 0 Å². The zero-order chi connectivity index (χ0) is 25.1. The fourth-order valence-electron chi connectivity index (χ4n) is 4.50. The van der Waals surface area contributed by atoms with Crippen molar-refractivity contribution in [2.45, 2.75) is 13.0 Å². The van der Waals surface area contributed by atoms with E-state index in [1.54, 1.807) is 38.5 Å². The lowest BCUT2D eigenvalue weighted by molar-refractivity contribution is 0.0732. The molecule has 0 N–H and O–H groups in total. The van der Waals surface area contributed by atoms with Crippen molar-refractivity contribution in [1.29, 1.82) is 0 Å². The van der Waals surface area contributed by atoms with Crippen molar-refractivity contribution in [1.82, 2.24) is 19.8 Å². The Kier molecular flexibility index (Phi) is 6.90. The molecule has 1 amide bonds. The molecule has 2 aromatic carbocycles. The Labute approximate surface area is 211 Å². The van der Waals surface area contributed by atoms with Gasteiger partial charge < -0.3 is 28.9 Å². The SMILES string of the molecule is COc1ccc(C(=O)N2CCc3nc(N4CCN(C)CC4)nc(Oc4ccccc4OC)c3C2)cc1. The smallest absolute Gasteiger partial charge is 0.254 e. The molecule has 0 aliphatic carbocycles. The van der Waals surface area contributed by atoms with Crippen LogP contribution in [-0.4, -0.2) is 79.7 Å². The van der Waals surface area contributed by atoms with Gasteiger partial charge in [0, 0.05) is 44.7 Å². The number of piperazine rings is 1. The van der Waals surface area contributed by atoms with E-state index in [2.05, 4.69) is 16.8 Å². The first-order valence-corrected chi connectivity index (χ1v) is 12.1. The van der Waals surface area contributed by atoms with E-state index < -0.39 is 0 Å². The summed E-state index contributed by atoms with van der Waals surface area (Å²) in [5.74, 6) is 2.99. The molecule has 2 aliphatic heterocycles. The number of nitrogens with zero attached hydrogens (tertiary/aromatic N) is 5. The second-order valence-corrected chi connectivity index (χ2v) is 9.00. The molecule has 3 aromatic rings. The molecule has 1 fully saturated rings. The Balaban J connectivity index is 1.47. The number of rotatable bonds is 6. The number of fused-ring (bicyclic) bond motifs is 1. The molecule has 5 rings (SSSR count). The van der Waals surface area contributed by atoms with Gasteiger partial charge in [-0.2, -0.15) is 4.98 Å². The molecule has 1 aromatic heterocycles. The fraction of sp³-hybridized carbons (Fsp3) is 0.370. The number of carbonyl (C=O) groups excluding carboxylic acids is 1. The van der Waals surface area contributed by atoms with Gasteiger partial charge in [-0.05, 0) is 43.4 Å². The topological polar surface area (TPSA) is 80.3 Å². The molecule has 0 atom stereocenters. The lowest BCUT2D eigenvalue weighted by Crippen LogP contribution is -2.45. The van der Waals surface area contributed by atoms with E-state index in [0.717, 1.165) is 37.4 Å². The summed E-state index contributed by atoms with van der Waals surface area (Å²) < 4.78 is 17.1. The van der Waals surface area contributed by atoms with Crippen molar-refractivity contribution >= 4 is 11.9 Å². The predicted molar refractivity (Wildman–Crippen MR) is 136 cm³/mol. The summed E-state index contributed by atoms with van der Waals surface area (Å²) in [6.45, 7) is 4.55. The molecule has 36 heavy (non-hydrogen) atoms. The van der Waals surface area contributed by atoms with E-state index in [1.807, 2.05) is 29.2 Å². The molecule has 0 bridgehead atoms. The summed E-state index contributed by atoms with van der Waals surface area (Å²) in [4.78, 5) is 29.4. The molecular weight excluding hydrogens is 458 g/mol. The zero-order valence-electron chi connectivity index (χ0n) is 20.9. The third kappa shape index (κ3) is 4.92. The maximum Gasteiger partial charge on any atom is 0.254 e. The number of para-hydroxylation sites is 2. The number of aromatic nitrogens is 2. The van der Waals surface area contributed by atoms with Gasteiger partial charge in [-0.3, -0.25) is 4.79 Å². The number of benzene rings is 2. The van der Waals surface area contributed by atoms with Crippen LogP contribution in [0.15, 0.2) is 48.5 Å². The summed E-state index contributed by atoms with van der Waals surface area (Å²) in [7, 11) is 5.34. The Morgan fingerprint density at radius 2 is 1.58 bits per heavy atom. The van der Waals surface area contributed by atoms with Crippen LogP contribution >= 0.6 is 0 Å². The van der Waals surface area contributed by atoms with Gasteiger partial charge in [-0.25, -0.2) is 4.98 Å². The summed E-state index contributed by atoms with van der Waals surface area (Å²) in [5, 5.41) is 0. The summed E-state index contributed by atoms with van der Waals surface area (Å²) in [6.07, 6.45) is 0.628. The first-order chi connectivity index (χ1) is 17.6. The van der Waals surface area contributed by atoms with Gasteiger partial charge in [0.2, 0.25) is 11.8 Å². The number of hydrogen-bond donors (Lipinski definition) is 0. The van der Waals surface area contributed by atoms with Gasteiger partial charge in [0.15, 0.2) is 11.5 Å². The second kappa shape index (κ2) is 10.4. The molecule has 3 heterocycles. The quantitative estimate of drug-likeness (QED) is 0.522. The van der Waals surface area contributed by atoms with E-state index in [1.165, 1.54) is 0 Å². The first-order valence-electron chi connectivity index (χ1n) is 12.1. The standard InChI is InChI=1S/C27H31N5O4/c1-30-14-16-31(17-15-30)27-28-22-12-13-32(26(33)19-8-10-20(34-2)11-9-19)18-21(22)25(29-27)36-24-7-5-4-6-23(24)35-3/h4-11H,12-18H2,1-3H3. The average Bonchev–Trinajstić information content (AvgIpc) is 2.93. The number of hydrogen-bond acceptors (Lipinski definition) is 8. The molecule has 0 spiro atoms. The fourth-order valence-corrected chi connectivity index (χ4v) is 4.50. The third-order valence-corrected chi connectivity index (χ3v) is 6.70. The van der Waals surface area contributed by atoms with Crippen molar-refractivity contribution in [3.8, 4) is 23.1 Å². The molecule has 0 saturated carbocycles. The number of amides is 1. The number of methoxy groups -OCH3 is 2. The van der Waals surface area contributed by atoms with E-state index in [-0.39, 0.29) is 5.91 Å². The van der Waals surface area contributed by atoms with Crippen LogP contribution in [0.4, 0.5) is 5.95 Å². The second-order valence-electron chi connectivity index (χ2n) is 9.00. The molecule has 0 unspecified atom stereocenters. The van der Waals surface area contributed by atoms with Crippen molar-refractivity contribution in [3.63, 3.8) is 0 Å². The van der Waals surface area contributed by atoms with Crippen LogP contribution in [0.2, 0.25) is 0 Å². The number of likely N-dealkylation sites (N-methyl/N-ethyl adjacent to an activating group) is 1. The van der Waals surface area contributed by atoms with Crippen LogP contribution in [0.1, 0.15) is 21.6 Å². The molecular formula is C27H31N5O4. The minimum absolute atomic E-state index is 0.0466. The monoisotopic (exact) mass is 489 g/mol. The predicted octanol–water partition coefficient (Wildman–Crippen LogP) is 3.24. The van der Waals surface area contributed by atoms with Crippen molar-refractivity contribution in [2.24, 2.45) is 0 Å². The van der Waals surface area contributed by atoms with Crippen LogP contribution in [0, 0.1) is 0 Å². The maximum atomic E-state index is 13.3. The van der Waals surface area contributed by atoms with Crippen molar-refractivity contribution in [2.75, 3.05) is 58.9 Å². The molecule has 1 saturated heterocycles. The van der Waals surface area contributed by atoms with E-state index in [4.69, 9.17) is 24.2 Å². The van der Waals surface area contributed by atoms with E-state index in [9.17, 15) is 4.79 Å². The summed E-state index contributed by atoms with van der Waals surface area (Å²) in [5.41, 5.74) is 2.36. The van der Waals surface area contributed by atoms with Crippen LogP contribution < -0.4 is 19.1 Å². The van der Waals surface area contributed by atoms with Gasteiger partial charge in [-0.15, -0.1) is 0 Å². The number of anilines is 1. The number of ether oxygens (including phenoxy) is 3. The molecule has 0 radical (unpaired) electrons. The Morgan fingerprint density at radius 3 is 2.28 bits per heavy atom. The van der Waals surface area contributed by atoms with Gasteiger partial charge in [0.1, 0.15) is 5.75 Å². The Hall–Kier alpha value is -3.85. The molecule has 9 nitrogen and oxygen atoms in total. The zero-order valence-corrected chi connectivity index (χ0v) is 20.9. The molecule has 2 aliphatic rings. The normalized spacial score (nSPS) is 15.9. The van der Waals surface area contributed by atoms with Crippen molar-refractivity contribution < 1.29 is 19.0 Å². The highest BCUT2D eigenvalue weighted by Crippen LogP contribution is 2.35. The van der Waals surface area contributed by atoms with Gasteiger partial charge in [0.05, 0.1) is 32.0 Å². The highest BCUT2D eigenvalue weighted by atomic mass is 16.5. The first kappa shape index (κ1) is 23.9. The minimum atomic E-state index is -0.0466. The lowest BCUT2D eigenvalue weighted by Gasteiger charge is -2.34. The highest BCUT2D eigenvalue weighted by molar-refractivity contribution is 5.94. The van der Waals surface area contributed by atoms with E-state index in [0.29, 0.717) is 54.2 Å². The summed E-state index contributed by atoms with van der Waals surface area (Å²) >= 11 is 0. The molecule has 9 heteroatoms. The van der Waals surface area contributed by atoms with Crippen LogP contribution in [0.5, 0.6) is 23.1 Å². The Bertz CT molecular complexity index is 1230.